The number of hydrogen-bond donors (Lipinski definition) is 1. The maximum absolute atomic E-state index is 6.03. The highest BCUT2D eigenvalue weighted by molar-refractivity contribution is 7.80. The molecule has 0 bridgehead atoms. The summed E-state index contributed by atoms with van der Waals surface area (Å²) >= 11 is 5.83. The molecule has 3 nitrogen and oxygen atoms in total. The van der Waals surface area contributed by atoms with E-state index in [1.54, 1.807) is 0 Å². The first kappa shape index (κ1) is 18.0. The topological polar surface area (TPSA) is 28.3 Å². The summed E-state index contributed by atoms with van der Waals surface area (Å²) in [7, 11) is 0. The number of rotatable bonds is 5. The fraction of sp³-hybridized carbons (Fsp3) is 0.160. The van der Waals surface area contributed by atoms with Crippen LogP contribution in [-0.2, 0) is 19.6 Å². The van der Waals surface area contributed by atoms with Gasteiger partial charge in [-0.2, -0.15) is 0 Å². The maximum atomic E-state index is 6.03. The predicted molar refractivity (Wildman–Crippen MR) is 121 cm³/mol. The summed E-state index contributed by atoms with van der Waals surface area (Å²) in [5.74, 6) is 0.890. The van der Waals surface area contributed by atoms with E-state index in [4.69, 9.17) is 17.0 Å². The number of nitrogens with zero attached hydrogens (tertiary/aromatic N) is 1. The average molecular weight is 399 g/mol. The lowest BCUT2D eigenvalue weighted by molar-refractivity contribution is 0.306. The Bertz CT molecular complexity index is 1150. The average Bonchev–Trinajstić information content (AvgIpc) is 3.14. The van der Waals surface area contributed by atoms with Crippen molar-refractivity contribution in [1.82, 2.24) is 9.88 Å². The molecule has 0 atom stereocenters. The van der Waals surface area contributed by atoms with Crippen LogP contribution in [0.3, 0.4) is 0 Å². The third-order valence-corrected chi connectivity index (χ3v) is 5.94. The quantitative estimate of drug-likeness (QED) is 0.451. The van der Waals surface area contributed by atoms with Gasteiger partial charge in [-0.05, 0) is 41.3 Å². The first-order chi connectivity index (χ1) is 14.3. The van der Waals surface area contributed by atoms with Gasteiger partial charge in [0.2, 0.25) is 0 Å². The molecule has 1 aliphatic rings. The van der Waals surface area contributed by atoms with Gasteiger partial charge in [0, 0.05) is 24.0 Å². The number of fused-ring (bicyclic) bond motifs is 3. The summed E-state index contributed by atoms with van der Waals surface area (Å²) in [4.78, 5) is 6.73. The van der Waals surface area contributed by atoms with Gasteiger partial charge in [-0.1, -0.05) is 72.9 Å². The minimum absolute atomic E-state index is 0.572. The van der Waals surface area contributed by atoms with Crippen molar-refractivity contribution in [3.63, 3.8) is 0 Å². The molecule has 1 aromatic heterocycles. The van der Waals surface area contributed by atoms with Crippen LogP contribution < -0.4 is 4.74 Å². The molecular weight excluding hydrogens is 376 g/mol. The van der Waals surface area contributed by atoms with Crippen molar-refractivity contribution in [2.45, 2.75) is 19.6 Å². The van der Waals surface area contributed by atoms with E-state index in [1.807, 2.05) is 30.3 Å². The van der Waals surface area contributed by atoms with E-state index in [-0.39, 0.29) is 0 Å². The van der Waals surface area contributed by atoms with Crippen LogP contribution in [0.5, 0.6) is 5.75 Å². The van der Waals surface area contributed by atoms with Crippen LogP contribution in [0.15, 0.2) is 78.9 Å². The van der Waals surface area contributed by atoms with Gasteiger partial charge in [-0.3, -0.25) is 0 Å². The molecule has 4 heteroatoms. The Hall–Kier alpha value is -3.11. The first-order valence-electron chi connectivity index (χ1n) is 9.92. The van der Waals surface area contributed by atoms with Crippen LogP contribution in [0.1, 0.15) is 22.4 Å². The van der Waals surface area contributed by atoms with Gasteiger partial charge in [0.15, 0.2) is 0 Å². The van der Waals surface area contributed by atoms with E-state index >= 15 is 0 Å². The summed E-state index contributed by atoms with van der Waals surface area (Å²) in [6.07, 6.45) is 0.977. The zero-order valence-electron chi connectivity index (χ0n) is 16.1. The van der Waals surface area contributed by atoms with Crippen LogP contribution in [0.2, 0.25) is 0 Å². The Balaban J connectivity index is 1.38. The lowest BCUT2D eigenvalue weighted by Crippen LogP contribution is -2.36. The Kier molecular flexibility index (Phi) is 4.78. The van der Waals surface area contributed by atoms with Crippen LogP contribution in [0, 0.1) is 0 Å². The molecule has 0 radical (unpaired) electrons. The molecule has 0 amide bonds. The smallest absolute Gasteiger partial charge is 0.126 e. The van der Waals surface area contributed by atoms with Gasteiger partial charge in [-0.25, -0.2) is 0 Å². The largest absolute Gasteiger partial charge is 0.489 e. The number of benzene rings is 3. The molecule has 0 saturated heterocycles. The van der Waals surface area contributed by atoms with Crippen molar-refractivity contribution in [3.05, 3.63) is 101 Å². The molecule has 1 aliphatic heterocycles. The SMILES string of the molecule is S=C1c2[nH]c3ccc(OCc4ccccc4)cc3c2CCN1Cc1ccccc1. The molecule has 0 unspecified atom stereocenters. The second kappa shape index (κ2) is 7.72. The Morgan fingerprint density at radius 2 is 1.62 bits per heavy atom. The third-order valence-electron chi connectivity index (χ3n) is 5.47. The number of aromatic amines is 1. The van der Waals surface area contributed by atoms with Gasteiger partial charge >= 0.3 is 0 Å². The van der Waals surface area contributed by atoms with Crippen LogP contribution in [0.25, 0.3) is 10.9 Å². The highest BCUT2D eigenvalue weighted by Crippen LogP contribution is 2.31. The van der Waals surface area contributed by atoms with Crippen molar-refractivity contribution in [2.75, 3.05) is 6.54 Å². The number of H-pyrrole nitrogens is 1. The molecule has 1 N–H and O–H groups in total. The fourth-order valence-corrected chi connectivity index (χ4v) is 4.29. The van der Waals surface area contributed by atoms with E-state index in [9.17, 15) is 0 Å². The van der Waals surface area contributed by atoms with E-state index in [1.165, 1.54) is 22.1 Å². The number of hydrogen-bond acceptors (Lipinski definition) is 2. The fourth-order valence-electron chi connectivity index (χ4n) is 3.96. The zero-order chi connectivity index (χ0) is 19.6. The van der Waals surface area contributed by atoms with Crippen molar-refractivity contribution in [1.29, 1.82) is 0 Å². The molecule has 29 heavy (non-hydrogen) atoms. The van der Waals surface area contributed by atoms with Crippen LogP contribution in [0.4, 0.5) is 0 Å². The lowest BCUT2D eigenvalue weighted by Gasteiger charge is -2.29. The van der Waals surface area contributed by atoms with E-state index in [0.717, 1.165) is 41.5 Å². The molecular formula is C25H22N2OS. The van der Waals surface area contributed by atoms with E-state index in [2.05, 4.69) is 58.4 Å². The standard InChI is InChI=1S/C25H22N2OS/c29-25-24-21(13-14-27(25)16-18-7-3-1-4-8-18)22-15-20(11-12-23(22)26-24)28-17-19-9-5-2-6-10-19/h1-12,15,26H,13-14,16-17H2. The summed E-state index contributed by atoms with van der Waals surface area (Å²) in [5.41, 5.74) is 5.95. The van der Waals surface area contributed by atoms with E-state index in [0.29, 0.717) is 6.61 Å². The van der Waals surface area contributed by atoms with Gasteiger partial charge in [0.1, 0.15) is 17.3 Å². The normalized spacial score (nSPS) is 13.5. The van der Waals surface area contributed by atoms with Gasteiger partial charge in [-0.15, -0.1) is 0 Å². The minimum atomic E-state index is 0.572. The molecule has 0 fully saturated rings. The second-order valence-corrected chi connectivity index (χ2v) is 7.81. The maximum Gasteiger partial charge on any atom is 0.126 e. The molecule has 0 aliphatic carbocycles. The Labute approximate surface area is 175 Å². The zero-order valence-corrected chi connectivity index (χ0v) is 16.9. The van der Waals surface area contributed by atoms with Crippen molar-refractivity contribution < 1.29 is 4.74 Å². The number of thiocarbonyl (C=S) groups is 1. The molecule has 144 valence electrons. The molecule has 5 rings (SSSR count). The second-order valence-electron chi connectivity index (χ2n) is 7.42. The summed E-state index contributed by atoms with van der Waals surface area (Å²) in [5, 5.41) is 1.22. The monoisotopic (exact) mass is 398 g/mol. The Morgan fingerprint density at radius 3 is 2.38 bits per heavy atom. The summed E-state index contributed by atoms with van der Waals surface area (Å²) in [6, 6.07) is 27.0. The van der Waals surface area contributed by atoms with Crippen LogP contribution >= 0.6 is 12.2 Å². The highest BCUT2D eigenvalue weighted by atomic mass is 32.1. The van der Waals surface area contributed by atoms with Crippen molar-refractivity contribution >= 4 is 28.1 Å². The first-order valence-corrected chi connectivity index (χ1v) is 10.3. The van der Waals surface area contributed by atoms with Gasteiger partial charge in [0.05, 0.1) is 5.69 Å². The highest BCUT2D eigenvalue weighted by Gasteiger charge is 2.25. The van der Waals surface area contributed by atoms with E-state index < -0.39 is 0 Å². The third kappa shape index (κ3) is 3.64. The number of ether oxygens (including phenoxy) is 1. The van der Waals surface area contributed by atoms with Crippen molar-refractivity contribution in [3.8, 4) is 5.75 Å². The summed E-state index contributed by atoms with van der Waals surface area (Å²) < 4.78 is 6.03. The number of aromatic nitrogens is 1. The summed E-state index contributed by atoms with van der Waals surface area (Å²) in [6.45, 7) is 2.35. The molecule has 2 heterocycles. The van der Waals surface area contributed by atoms with Crippen molar-refractivity contribution in [2.24, 2.45) is 0 Å². The molecule has 0 spiro atoms. The Morgan fingerprint density at radius 1 is 0.897 bits per heavy atom. The minimum Gasteiger partial charge on any atom is -0.489 e. The van der Waals surface area contributed by atoms with Crippen LogP contribution in [-0.4, -0.2) is 21.4 Å². The van der Waals surface area contributed by atoms with Gasteiger partial charge in [0.25, 0.3) is 0 Å². The molecule has 3 aromatic carbocycles. The number of nitrogens with one attached hydrogen (secondary N) is 1. The molecule has 4 aromatic rings. The lowest BCUT2D eigenvalue weighted by atomic mass is 10.0. The molecule has 0 saturated carbocycles. The predicted octanol–water partition coefficient (Wildman–Crippen LogP) is 5.48. The van der Waals surface area contributed by atoms with Gasteiger partial charge < -0.3 is 14.6 Å².